The number of rotatable bonds is 5. The highest BCUT2D eigenvalue weighted by Crippen LogP contribution is 2.27. The van der Waals surface area contributed by atoms with Gasteiger partial charge in [0.15, 0.2) is 12.3 Å². The SMILES string of the molecule is CC(C)n1ncc2c(C(=O)OCC(=O)N3CCCC[C@H]3C)cc(-c3ccccc3)nc21. The third kappa shape index (κ3) is 4.31. The molecule has 0 saturated carbocycles. The van der Waals surface area contributed by atoms with Gasteiger partial charge in [0.1, 0.15) is 0 Å². The average molecular weight is 421 g/mol. The van der Waals surface area contributed by atoms with Crippen LogP contribution in [-0.4, -0.2) is 50.7 Å². The molecule has 4 rings (SSSR count). The van der Waals surface area contributed by atoms with Crippen molar-refractivity contribution in [3.05, 3.63) is 48.2 Å². The van der Waals surface area contributed by atoms with E-state index in [1.165, 1.54) is 0 Å². The van der Waals surface area contributed by atoms with Gasteiger partial charge in [-0.1, -0.05) is 30.3 Å². The second-order valence-corrected chi connectivity index (χ2v) is 8.35. The van der Waals surface area contributed by atoms with Crippen LogP contribution in [-0.2, 0) is 9.53 Å². The predicted octanol–water partition coefficient (Wildman–Crippen LogP) is 4.24. The van der Waals surface area contributed by atoms with Crippen LogP contribution in [0.4, 0.5) is 0 Å². The van der Waals surface area contributed by atoms with E-state index in [4.69, 9.17) is 9.72 Å². The van der Waals surface area contributed by atoms with Crippen molar-refractivity contribution in [3.8, 4) is 11.3 Å². The first-order chi connectivity index (χ1) is 15.0. The molecule has 0 N–H and O–H groups in total. The minimum atomic E-state index is -0.536. The summed E-state index contributed by atoms with van der Waals surface area (Å²) in [6.07, 6.45) is 4.74. The Morgan fingerprint density at radius 1 is 1.19 bits per heavy atom. The van der Waals surface area contributed by atoms with Gasteiger partial charge >= 0.3 is 5.97 Å². The van der Waals surface area contributed by atoms with E-state index >= 15 is 0 Å². The highest BCUT2D eigenvalue weighted by atomic mass is 16.5. The zero-order valence-corrected chi connectivity index (χ0v) is 18.2. The van der Waals surface area contributed by atoms with Gasteiger partial charge < -0.3 is 9.64 Å². The number of aromatic nitrogens is 3. The van der Waals surface area contributed by atoms with Gasteiger partial charge in [0.05, 0.1) is 22.8 Å². The van der Waals surface area contributed by atoms with Gasteiger partial charge in [0.25, 0.3) is 5.91 Å². The lowest BCUT2D eigenvalue weighted by atomic mass is 10.0. The number of ether oxygens (including phenoxy) is 1. The maximum absolute atomic E-state index is 13.0. The van der Waals surface area contributed by atoms with E-state index in [1.807, 2.05) is 56.0 Å². The van der Waals surface area contributed by atoms with E-state index in [-0.39, 0.29) is 24.6 Å². The molecule has 1 atom stereocenters. The Labute approximate surface area is 182 Å². The molecule has 1 saturated heterocycles. The van der Waals surface area contributed by atoms with Crippen LogP contribution in [0.5, 0.6) is 0 Å². The summed E-state index contributed by atoms with van der Waals surface area (Å²) < 4.78 is 7.26. The minimum Gasteiger partial charge on any atom is -0.452 e. The Hall–Kier alpha value is -3.22. The molecule has 7 nitrogen and oxygen atoms in total. The molecule has 0 spiro atoms. The lowest BCUT2D eigenvalue weighted by molar-refractivity contribution is -0.137. The maximum Gasteiger partial charge on any atom is 0.339 e. The van der Waals surface area contributed by atoms with Crippen molar-refractivity contribution in [2.24, 2.45) is 0 Å². The molecule has 2 aromatic heterocycles. The summed E-state index contributed by atoms with van der Waals surface area (Å²) in [6, 6.07) is 11.7. The number of likely N-dealkylation sites (tertiary alicyclic amines) is 1. The zero-order valence-electron chi connectivity index (χ0n) is 18.2. The fourth-order valence-corrected chi connectivity index (χ4v) is 4.08. The number of nitrogens with zero attached hydrogens (tertiary/aromatic N) is 4. The maximum atomic E-state index is 13.0. The molecule has 1 aromatic carbocycles. The number of benzene rings is 1. The fraction of sp³-hybridized carbons (Fsp3) is 0.417. The number of piperidine rings is 1. The second kappa shape index (κ2) is 8.88. The number of hydrogen-bond acceptors (Lipinski definition) is 5. The van der Waals surface area contributed by atoms with Crippen molar-refractivity contribution in [2.45, 2.75) is 52.1 Å². The van der Waals surface area contributed by atoms with Gasteiger partial charge in [-0.25, -0.2) is 14.5 Å². The number of amides is 1. The first-order valence-electron chi connectivity index (χ1n) is 10.9. The Kier molecular flexibility index (Phi) is 6.02. The molecule has 1 fully saturated rings. The third-order valence-electron chi connectivity index (χ3n) is 5.80. The molecule has 7 heteroatoms. The van der Waals surface area contributed by atoms with Crippen LogP contribution in [0, 0.1) is 0 Å². The first-order valence-corrected chi connectivity index (χ1v) is 10.9. The van der Waals surface area contributed by atoms with Gasteiger partial charge in [0, 0.05) is 24.2 Å². The van der Waals surface area contributed by atoms with Crippen LogP contribution in [0.1, 0.15) is 56.4 Å². The molecule has 31 heavy (non-hydrogen) atoms. The minimum absolute atomic E-state index is 0.0852. The van der Waals surface area contributed by atoms with Crippen molar-refractivity contribution >= 4 is 22.9 Å². The highest BCUT2D eigenvalue weighted by molar-refractivity contribution is 6.04. The number of carbonyl (C=O) groups excluding carboxylic acids is 2. The Bertz CT molecular complexity index is 1090. The van der Waals surface area contributed by atoms with Gasteiger partial charge in [-0.15, -0.1) is 0 Å². The summed E-state index contributed by atoms with van der Waals surface area (Å²) in [5.41, 5.74) is 2.56. The average Bonchev–Trinajstić information content (AvgIpc) is 3.22. The monoisotopic (exact) mass is 420 g/mol. The molecule has 0 bridgehead atoms. The summed E-state index contributed by atoms with van der Waals surface area (Å²) in [5, 5.41) is 5.04. The summed E-state index contributed by atoms with van der Waals surface area (Å²) >= 11 is 0. The molecule has 1 aliphatic rings. The van der Waals surface area contributed by atoms with E-state index in [0.29, 0.717) is 22.3 Å². The zero-order chi connectivity index (χ0) is 22.0. The van der Waals surface area contributed by atoms with Crippen molar-refractivity contribution in [3.63, 3.8) is 0 Å². The molecular weight excluding hydrogens is 392 g/mol. The van der Waals surface area contributed by atoms with Crippen LogP contribution < -0.4 is 0 Å². The normalized spacial score (nSPS) is 16.6. The Balaban J connectivity index is 1.64. The van der Waals surface area contributed by atoms with Crippen molar-refractivity contribution in [2.75, 3.05) is 13.2 Å². The van der Waals surface area contributed by atoms with E-state index in [0.717, 1.165) is 31.4 Å². The highest BCUT2D eigenvalue weighted by Gasteiger charge is 2.25. The second-order valence-electron chi connectivity index (χ2n) is 8.35. The number of carbonyl (C=O) groups is 2. The van der Waals surface area contributed by atoms with Gasteiger partial charge in [-0.2, -0.15) is 5.10 Å². The molecule has 1 aliphatic heterocycles. The van der Waals surface area contributed by atoms with E-state index in [2.05, 4.69) is 5.10 Å². The number of pyridine rings is 1. The Morgan fingerprint density at radius 3 is 2.68 bits per heavy atom. The number of hydrogen-bond donors (Lipinski definition) is 0. The molecule has 0 unspecified atom stereocenters. The van der Waals surface area contributed by atoms with Crippen LogP contribution in [0.3, 0.4) is 0 Å². The fourth-order valence-electron chi connectivity index (χ4n) is 4.08. The molecular formula is C24H28N4O3. The molecule has 0 aliphatic carbocycles. The summed E-state index contributed by atoms with van der Waals surface area (Å²) in [4.78, 5) is 32.2. The lowest BCUT2D eigenvalue weighted by Crippen LogP contribution is -2.44. The standard InChI is InChI=1S/C24H28N4O3/c1-16(2)28-23-20(14-25-28)19(13-21(26-23)18-10-5-4-6-11-18)24(30)31-15-22(29)27-12-8-7-9-17(27)3/h4-6,10-11,13-14,16-17H,7-9,12,15H2,1-3H3/t17-/m1/s1. The van der Waals surface area contributed by atoms with Gasteiger partial charge in [-0.3, -0.25) is 4.79 Å². The van der Waals surface area contributed by atoms with Crippen LogP contribution in [0.15, 0.2) is 42.6 Å². The third-order valence-corrected chi connectivity index (χ3v) is 5.80. The van der Waals surface area contributed by atoms with E-state index in [1.54, 1.807) is 16.9 Å². The van der Waals surface area contributed by atoms with Crippen LogP contribution >= 0.6 is 0 Å². The predicted molar refractivity (Wildman–Crippen MR) is 119 cm³/mol. The summed E-state index contributed by atoms with van der Waals surface area (Å²) in [7, 11) is 0. The first kappa shape index (κ1) is 21.0. The van der Waals surface area contributed by atoms with Crippen LogP contribution in [0.2, 0.25) is 0 Å². The number of fused-ring (bicyclic) bond motifs is 1. The van der Waals surface area contributed by atoms with Gasteiger partial charge in [0.2, 0.25) is 0 Å². The van der Waals surface area contributed by atoms with Crippen LogP contribution in [0.25, 0.3) is 22.3 Å². The molecule has 3 aromatic rings. The molecule has 162 valence electrons. The largest absolute Gasteiger partial charge is 0.452 e. The van der Waals surface area contributed by atoms with Crippen molar-refractivity contribution in [1.82, 2.24) is 19.7 Å². The molecule has 3 heterocycles. The smallest absolute Gasteiger partial charge is 0.339 e. The molecule has 1 amide bonds. The van der Waals surface area contributed by atoms with Gasteiger partial charge in [-0.05, 0) is 46.1 Å². The lowest BCUT2D eigenvalue weighted by Gasteiger charge is -2.33. The van der Waals surface area contributed by atoms with Crippen molar-refractivity contribution < 1.29 is 14.3 Å². The number of esters is 1. The summed E-state index contributed by atoms with van der Waals surface area (Å²) in [6.45, 7) is 6.53. The Morgan fingerprint density at radius 2 is 1.97 bits per heavy atom. The summed E-state index contributed by atoms with van der Waals surface area (Å²) in [5.74, 6) is -0.682. The van der Waals surface area contributed by atoms with E-state index in [9.17, 15) is 9.59 Å². The molecule has 0 radical (unpaired) electrons. The van der Waals surface area contributed by atoms with E-state index < -0.39 is 5.97 Å². The topological polar surface area (TPSA) is 77.3 Å². The van der Waals surface area contributed by atoms with Crippen molar-refractivity contribution in [1.29, 1.82) is 0 Å². The quantitative estimate of drug-likeness (QED) is 0.577.